The number of benzene rings is 1. The smallest absolute Gasteiger partial charge is 0.226 e. The molecule has 1 aliphatic rings. The van der Waals surface area contributed by atoms with Gasteiger partial charge in [-0.25, -0.2) is 4.98 Å². The van der Waals surface area contributed by atoms with Crippen molar-refractivity contribution in [3.05, 3.63) is 40.9 Å². The van der Waals surface area contributed by atoms with Crippen molar-refractivity contribution < 1.29 is 4.79 Å². The Labute approximate surface area is 172 Å². The zero-order chi connectivity index (χ0) is 19.9. The monoisotopic (exact) mass is 401 g/mol. The van der Waals surface area contributed by atoms with E-state index in [9.17, 15) is 4.79 Å². The van der Waals surface area contributed by atoms with Gasteiger partial charge in [-0.1, -0.05) is 19.1 Å². The van der Waals surface area contributed by atoms with E-state index in [0.29, 0.717) is 6.42 Å². The van der Waals surface area contributed by atoms with Gasteiger partial charge in [0.1, 0.15) is 0 Å². The van der Waals surface area contributed by atoms with Crippen LogP contribution in [-0.2, 0) is 11.2 Å². The Hall–Kier alpha value is -1.96. The molecule has 152 valence electrons. The first-order valence-corrected chi connectivity index (χ1v) is 10.9. The van der Waals surface area contributed by atoms with Crippen LogP contribution in [-0.4, -0.2) is 66.5 Å². The molecule has 0 spiro atoms. The normalized spacial score (nSPS) is 16.7. The quantitative estimate of drug-likeness (QED) is 0.712. The fourth-order valence-corrected chi connectivity index (χ4v) is 4.08. The van der Waals surface area contributed by atoms with E-state index in [0.717, 1.165) is 55.7 Å². The van der Waals surface area contributed by atoms with Crippen molar-refractivity contribution in [1.29, 1.82) is 0 Å². The highest BCUT2D eigenvalue weighted by Gasteiger charge is 2.19. The summed E-state index contributed by atoms with van der Waals surface area (Å²) >= 11 is 1.53. The number of nitrogens with zero attached hydrogens (tertiary/aromatic N) is 3. The molecule has 6 nitrogen and oxygen atoms in total. The summed E-state index contributed by atoms with van der Waals surface area (Å²) in [5.41, 5.74) is 3.03. The van der Waals surface area contributed by atoms with Gasteiger partial charge in [-0.15, -0.1) is 11.3 Å². The number of piperazine rings is 1. The molecule has 0 aliphatic carbocycles. The minimum absolute atomic E-state index is 0.0494. The molecular formula is C21H31N5OS. The fourth-order valence-electron chi connectivity index (χ4n) is 3.35. The first-order valence-electron chi connectivity index (χ1n) is 10.00. The Morgan fingerprint density at radius 1 is 1.29 bits per heavy atom. The Morgan fingerprint density at radius 2 is 2.07 bits per heavy atom. The standard InChI is InChI=1S/C21H31N5OS/c1-4-17(14-26-10-8-25(3)9-11-26)22-20(27)13-19-15-28-21(24-19)23-18-7-5-6-16(2)12-18/h5-7,12,15,17H,4,8-11,13-14H2,1-3H3,(H,22,27)(H,23,24). The van der Waals surface area contributed by atoms with Crippen molar-refractivity contribution in [2.45, 2.75) is 32.7 Å². The minimum atomic E-state index is 0.0494. The molecule has 1 saturated heterocycles. The fraction of sp³-hybridized carbons (Fsp3) is 0.524. The molecule has 7 heteroatoms. The number of likely N-dealkylation sites (N-methyl/N-ethyl adjacent to an activating group) is 1. The summed E-state index contributed by atoms with van der Waals surface area (Å²) < 4.78 is 0. The molecule has 1 unspecified atom stereocenters. The number of thiazole rings is 1. The Kier molecular flexibility index (Phi) is 7.42. The molecule has 1 amide bonds. The number of aryl methyl sites for hydroxylation is 1. The van der Waals surface area contributed by atoms with Gasteiger partial charge < -0.3 is 15.5 Å². The predicted molar refractivity (Wildman–Crippen MR) is 116 cm³/mol. The number of carbonyl (C=O) groups is 1. The molecule has 1 aromatic carbocycles. The Bertz CT molecular complexity index is 770. The average Bonchev–Trinajstić information content (AvgIpc) is 3.09. The molecule has 3 rings (SSSR count). The number of hydrogen-bond donors (Lipinski definition) is 2. The van der Waals surface area contributed by atoms with Gasteiger partial charge in [0.15, 0.2) is 5.13 Å². The Morgan fingerprint density at radius 3 is 2.79 bits per heavy atom. The van der Waals surface area contributed by atoms with Crippen molar-refractivity contribution in [1.82, 2.24) is 20.1 Å². The molecule has 28 heavy (non-hydrogen) atoms. The molecule has 0 radical (unpaired) electrons. The molecule has 1 aromatic heterocycles. The lowest BCUT2D eigenvalue weighted by Gasteiger charge is -2.34. The maximum Gasteiger partial charge on any atom is 0.226 e. The maximum absolute atomic E-state index is 12.5. The molecule has 2 aromatic rings. The lowest BCUT2D eigenvalue weighted by molar-refractivity contribution is -0.121. The van der Waals surface area contributed by atoms with Crippen molar-refractivity contribution >= 4 is 28.1 Å². The summed E-state index contributed by atoms with van der Waals surface area (Å²) in [6.07, 6.45) is 1.26. The molecule has 1 atom stereocenters. The van der Waals surface area contributed by atoms with Crippen molar-refractivity contribution in [3.63, 3.8) is 0 Å². The van der Waals surface area contributed by atoms with E-state index in [1.54, 1.807) is 0 Å². The minimum Gasteiger partial charge on any atom is -0.352 e. The molecule has 2 heterocycles. The van der Waals surface area contributed by atoms with Crippen LogP contribution >= 0.6 is 11.3 Å². The number of hydrogen-bond acceptors (Lipinski definition) is 6. The van der Waals surface area contributed by atoms with Gasteiger partial charge in [0, 0.05) is 49.8 Å². The van der Waals surface area contributed by atoms with E-state index >= 15 is 0 Å². The van der Waals surface area contributed by atoms with E-state index < -0.39 is 0 Å². The number of aromatic nitrogens is 1. The lowest BCUT2D eigenvalue weighted by atomic mass is 10.2. The lowest BCUT2D eigenvalue weighted by Crippen LogP contribution is -2.50. The van der Waals surface area contributed by atoms with Gasteiger partial charge >= 0.3 is 0 Å². The van der Waals surface area contributed by atoms with E-state index in [2.05, 4.69) is 58.4 Å². The van der Waals surface area contributed by atoms with Gasteiger partial charge in [-0.05, 0) is 38.1 Å². The summed E-state index contributed by atoms with van der Waals surface area (Å²) in [6, 6.07) is 8.38. The molecule has 1 aliphatic heterocycles. The van der Waals surface area contributed by atoms with Crippen LogP contribution in [0.2, 0.25) is 0 Å². The Balaban J connectivity index is 1.48. The second-order valence-electron chi connectivity index (χ2n) is 7.59. The number of nitrogens with one attached hydrogen (secondary N) is 2. The first-order chi connectivity index (χ1) is 13.5. The van der Waals surface area contributed by atoms with Crippen LogP contribution in [0.5, 0.6) is 0 Å². The molecule has 1 fully saturated rings. The van der Waals surface area contributed by atoms with Crippen molar-refractivity contribution in [3.8, 4) is 0 Å². The second-order valence-corrected chi connectivity index (χ2v) is 8.45. The third-order valence-corrected chi connectivity index (χ3v) is 5.90. The van der Waals surface area contributed by atoms with Gasteiger partial charge in [-0.2, -0.15) is 0 Å². The van der Waals surface area contributed by atoms with E-state index in [1.165, 1.54) is 16.9 Å². The summed E-state index contributed by atoms with van der Waals surface area (Å²) in [4.78, 5) is 21.9. The van der Waals surface area contributed by atoms with Crippen LogP contribution in [0.25, 0.3) is 0 Å². The van der Waals surface area contributed by atoms with Crippen LogP contribution in [0.3, 0.4) is 0 Å². The van der Waals surface area contributed by atoms with E-state index in [1.807, 2.05) is 17.5 Å². The summed E-state index contributed by atoms with van der Waals surface area (Å²) in [5, 5.41) is 9.28. The SMILES string of the molecule is CCC(CN1CCN(C)CC1)NC(=O)Cc1csc(Nc2cccc(C)c2)n1. The van der Waals surface area contributed by atoms with Gasteiger partial charge in [0.25, 0.3) is 0 Å². The number of rotatable bonds is 8. The van der Waals surface area contributed by atoms with Crippen LogP contribution < -0.4 is 10.6 Å². The molecular weight excluding hydrogens is 370 g/mol. The third kappa shape index (κ3) is 6.29. The average molecular weight is 402 g/mol. The largest absolute Gasteiger partial charge is 0.352 e. The summed E-state index contributed by atoms with van der Waals surface area (Å²) in [6.45, 7) is 9.46. The zero-order valence-corrected chi connectivity index (χ0v) is 17.9. The summed E-state index contributed by atoms with van der Waals surface area (Å²) in [7, 11) is 2.16. The first kappa shape index (κ1) is 20.8. The molecule has 0 bridgehead atoms. The molecule has 2 N–H and O–H groups in total. The topological polar surface area (TPSA) is 60.5 Å². The third-order valence-electron chi connectivity index (χ3n) is 5.10. The number of anilines is 2. The van der Waals surface area contributed by atoms with E-state index in [4.69, 9.17) is 0 Å². The highest BCUT2D eigenvalue weighted by molar-refractivity contribution is 7.13. The number of carbonyl (C=O) groups excluding carboxylic acids is 1. The zero-order valence-electron chi connectivity index (χ0n) is 17.1. The van der Waals surface area contributed by atoms with Crippen molar-refractivity contribution in [2.24, 2.45) is 0 Å². The maximum atomic E-state index is 12.5. The summed E-state index contributed by atoms with van der Waals surface area (Å²) in [5.74, 6) is 0.0494. The van der Waals surface area contributed by atoms with Crippen molar-refractivity contribution in [2.75, 3.05) is 45.1 Å². The predicted octanol–water partition coefficient (Wildman–Crippen LogP) is 2.88. The van der Waals surface area contributed by atoms with Gasteiger partial charge in [0.2, 0.25) is 5.91 Å². The molecule has 0 saturated carbocycles. The van der Waals surface area contributed by atoms with Gasteiger partial charge in [0.05, 0.1) is 12.1 Å². The van der Waals surface area contributed by atoms with Gasteiger partial charge in [-0.3, -0.25) is 9.69 Å². The highest BCUT2D eigenvalue weighted by atomic mass is 32.1. The number of amides is 1. The van der Waals surface area contributed by atoms with Crippen LogP contribution in [0.15, 0.2) is 29.6 Å². The van der Waals surface area contributed by atoms with Crippen LogP contribution in [0.1, 0.15) is 24.6 Å². The van der Waals surface area contributed by atoms with Crippen LogP contribution in [0, 0.1) is 6.92 Å². The highest BCUT2D eigenvalue weighted by Crippen LogP contribution is 2.21. The van der Waals surface area contributed by atoms with E-state index in [-0.39, 0.29) is 11.9 Å². The second kappa shape index (κ2) is 10.0. The van der Waals surface area contributed by atoms with Crippen LogP contribution in [0.4, 0.5) is 10.8 Å².